The van der Waals surface area contributed by atoms with Gasteiger partial charge in [0.2, 0.25) is 10.0 Å². The molecule has 3 rings (SSSR count). The lowest BCUT2D eigenvalue weighted by molar-refractivity contribution is 0.371. The fraction of sp³-hybridized carbons (Fsp3) is 0.368. The molecule has 0 bridgehead atoms. The van der Waals surface area contributed by atoms with Gasteiger partial charge in [0, 0.05) is 18.7 Å². The third kappa shape index (κ3) is 3.65. The number of hydrogen-bond acceptors (Lipinski definition) is 4. The van der Waals surface area contributed by atoms with Crippen molar-refractivity contribution >= 4 is 10.0 Å². The molecular weight excluding hydrogens is 338 g/mol. The zero-order valence-electron chi connectivity index (χ0n) is 14.5. The summed E-state index contributed by atoms with van der Waals surface area (Å²) in [5.41, 5.74) is 1.15. The van der Waals surface area contributed by atoms with Gasteiger partial charge in [0.15, 0.2) is 0 Å². The van der Waals surface area contributed by atoms with E-state index in [1.807, 2.05) is 30.3 Å². The highest BCUT2D eigenvalue weighted by Gasteiger charge is 2.37. The van der Waals surface area contributed by atoms with Crippen molar-refractivity contribution in [2.24, 2.45) is 0 Å². The van der Waals surface area contributed by atoms with Crippen molar-refractivity contribution in [3.8, 4) is 11.5 Å². The van der Waals surface area contributed by atoms with Gasteiger partial charge in [-0.2, -0.15) is 4.31 Å². The number of benzene rings is 2. The van der Waals surface area contributed by atoms with Crippen LogP contribution in [0.3, 0.4) is 0 Å². The predicted molar refractivity (Wildman–Crippen MR) is 96.6 cm³/mol. The Morgan fingerprint density at radius 2 is 1.84 bits per heavy atom. The summed E-state index contributed by atoms with van der Waals surface area (Å²) in [7, 11) is -0.656. The number of sulfonamides is 1. The van der Waals surface area contributed by atoms with E-state index in [1.54, 1.807) is 16.4 Å². The largest absolute Gasteiger partial charge is 0.497 e. The van der Waals surface area contributed by atoms with E-state index in [0.717, 1.165) is 18.4 Å². The van der Waals surface area contributed by atoms with Gasteiger partial charge in [-0.1, -0.05) is 30.3 Å². The summed E-state index contributed by atoms with van der Waals surface area (Å²) in [6, 6.07) is 14.8. The molecule has 0 saturated carbocycles. The zero-order valence-corrected chi connectivity index (χ0v) is 15.3. The van der Waals surface area contributed by atoms with Gasteiger partial charge in [0.25, 0.3) is 0 Å². The van der Waals surface area contributed by atoms with E-state index in [9.17, 15) is 8.42 Å². The van der Waals surface area contributed by atoms with Crippen molar-refractivity contribution < 1.29 is 17.9 Å². The van der Waals surface area contributed by atoms with Crippen LogP contribution in [-0.4, -0.2) is 39.5 Å². The van der Waals surface area contributed by atoms with Crippen molar-refractivity contribution in [1.29, 1.82) is 0 Å². The number of nitrogens with zero attached hydrogens (tertiary/aromatic N) is 1. The molecule has 1 atom stereocenters. The highest BCUT2D eigenvalue weighted by molar-refractivity contribution is 7.89. The molecular formula is C19H23NO4S. The second kappa shape index (κ2) is 7.45. The number of ether oxygens (including phenoxy) is 2. The molecule has 1 aliphatic heterocycles. The molecule has 0 radical (unpaired) electrons. The molecule has 134 valence electrons. The molecule has 6 heteroatoms. The Bertz CT molecular complexity index is 821. The molecule has 1 fully saturated rings. The summed E-state index contributed by atoms with van der Waals surface area (Å²) < 4.78 is 38.6. The van der Waals surface area contributed by atoms with E-state index in [0.29, 0.717) is 24.5 Å². The van der Waals surface area contributed by atoms with Crippen LogP contribution in [-0.2, 0) is 16.4 Å². The SMILES string of the molecule is COc1ccc(OC)c(S(=O)(=O)N2CCC[C@@H]2Cc2ccccc2)c1. The Morgan fingerprint density at radius 3 is 2.52 bits per heavy atom. The maximum atomic E-state index is 13.3. The monoisotopic (exact) mass is 361 g/mol. The Hall–Kier alpha value is -2.05. The highest BCUT2D eigenvalue weighted by Crippen LogP contribution is 2.34. The summed E-state index contributed by atoms with van der Waals surface area (Å²) in [4.78, 5) is 0.161. The molecule has 1 aliphatic rings. The first kappa shape index (κ1) is 17.8. The normalized spacial score (nSPS) is 18.2. The van der Waals surface area contributed by atoms with Gasteiger partial charge in [0.05, 0.1) is 14.2 Å². The molecule has 2 aromatic rings. The minimum absolute atomic E-state index is 0.0386. The maximum Gasteiger partial charge on any atom is 0.247 e. The summed E-state index contributed by atoms with van der Waals surface area (Å²) in [5, 5.41) is 0. The number of hydrogen-bond donors (Lipinski definition) is 0. The standard InChI is InChI=1S/C19H23NO4S/c1-23-17-10-11-18(24-2)19(14-17)25(21,22)20-12-6-9-16(20)13-15-7-4-3-5-8-15/h3-5,7-8,10-11,14,16H,6,9,12-13H2,1-2H3/t16-/m1/s1. The minimum atomic E-state index is -3.65. The van der Waals surface area contributed by atoms with E-state index in [-0.39, 0.29) is 10.9 Å². The Kier molecular flexibility index (Phi) is 5.30. The first-order chi connectivity index (χ1) is 12.1. The van der Waals surface area contributed by atoms with Gasteiger partial charge in [-0.3, -0.25) is 0 Å². The molecule has 0 N–H and O–H groups in total. The lowest BCUT2D eigenvalue weighted by Gasteiger charge is -2.25. The molecule has 1 heterocycles. The minimum Gasteiger partial charge on any atom is -0.497 e. The summed E-state index contributed by atoms with van der Waals surface area (Å²) in [6.07, 6.45) is 2.44. The Morgan fingerprint density at radius 1 is 1.08 bits per heavy atom. The summed E-state index contributed by atoms with van der Waals surface area (Å²) in [6.45, 7) is 0.528. The van der Waals surface area contributed by atoms with Crippen LogP contribution >= 0.6 is 0 Å². The van der Waals surface area contributed by atoms with Crippen LogP contribution in [0.2, 0.25) is 0 Å². The van der Waals surface area contributed by atoms with E-state index >= 15 is 0 Å². The highest BCUT2D eigenvalue weighted by atomic mass is 32.2. The lowest BCUT2D eigenvalue weighted by atomic mass is 10.1. The zero-order chi connectivity index (χ0) is 17.9. The van der Waals surface area contributed by atoms with Crippen molar-refractivity contribution in [1.82, 2.24) is 4.31 Å². The van der Waals surface area contributed by atoms with Crippen LogP contribution in [0, 0.1) is 0 Å². The third-order valence-corrected chi connectivity index (χ3v) is 6.57. The molecule has 0 amide bonds. The Balaban J connectivity index is 1.93. The molecule has 1 saturated heterocycles. The van der Waals surface area contributed by atoms with Crippen LogP contribution in [0.5, 0.6) is 11.5 Å². The van der Waals surface area contributed by atoms with Crippen LogP contribution in [0.1, 0.15) is 18.4 Å². The van der Waals surface area contributed by atoms with Crippen LogP contribution in [0.4, 0.5) is 0 Å². The lowest BCUT2D eigenvalue weighted by Crippen LogP contribution is -2.37. The fourth-order valence-electron chi connectivity index (χ4n) is 3.33. The molecule has 0 aliphatic carbocycles. The van der Waals surface area contributed by atoms with Crippen molar-refractivity contribution in [3.05, 3.63) is 54.1 Å². The molecule has 25 heavy (non-hydrogen) atoms. The van der Waals surface area contributed by atoms with Gasteiger partial charge in [-0.05, 0) is 37.0 Å². The van der Waals surface area contributed by atoms with Crippen LogP contribution < -0.4 is 9.47 Å². The maximum absolute atomic E-state index is 13.3. The fourth-order valence-corrected chi connectivity index (χ4v) is 5.19. The van der Waals surface area contributed by atoms with Gasteiger partial charge < -0.3 is 9.47 Å². The first-order valence-corrected chi connectivity index (χ1v) is 9.78. The molecule has 0 aromatic heterocycles. The summed E-state index contributed by atoms with van der Waals surface area (Å²) >= 11 is 0. The van der Waals surface area contributed by atoms with Crippen LogP contribution in [0.25, 0.3) is 0 Å². The van der Waals surface area contributed by atoms with E-state index < -0.39 is 10.0 Å². The Labute approximate surface area is 149 Å². The molecule has 5 nitrogen and oxygen atoms in total. The van der Waals surface area contributed by atoms with Crippen molar-refractivity contribution in [2.45, 2.75) is 30.2 Å². The number of methoxy groups -OCH3 is 2. The summed E-state index contributed by atoms with van der Waals surface area (Å²) in [5.74, 6) is 0.837. The average molecular weight is 361 g/mol. The quantitative estimate of drug-likeness (QED) is 0.793. The predicted octanol–water partition coefficient (Wildman–Crippen LogP) is 3.10. The van der Waals surface area contributed by atoms with Crippen molar-refractivity contribution in [3.63, 3.8) is 0 Å². The second-order valence-corrected chi connectivity index (χ2v) is 7.98. The van der Waals surface area contributed by atoms with Gasteiger partial charge in [0.1, 0.15) is 16.4 Å². The van der Waals surface area contributed by atoms with Gasteiger partial charge in [-0.15, -0.1) is 0 Å². The van der Waals surface area contributed by atoms with Crippen molar-refractivity contribution in [2.75, 3.05) is 20.8 Å². The first-order valence-electron chi connectivity index (χ1n) is 8.34. The average Bonchev–Trinajstić information content (AvgIpc) is 3.11. The second-order valence-electron chi connectivity index (χ2n) is 6.12. The number of rotatable bonds is 6. The molecule has 2 aromatic carbocycles. The topological polar surface area (TPSA) is 55.8 Å². The smallest absolute Gasteiger partial charge is 0.247 e. The molecule has 0 spiro atoms. The van der Waals surface area contributed by atoms with Gasteiger partial charge >= 0.3 is 0 Å². The van der Waals surface area contributed by atoms with Gasteiger partial charge in [-0.25, -0.2) is 8.42 Å². The third-order valence-electron chi connectivity index (χ3n) is 4.59. The van der Waals surface area contributed by atoms with E-state index in [4.69, 9.17) is 9.47 Å². The van der Waals surface area contributed by atoms with Crippen LogP contribution in [0.15, 0.2) is 53.4 Å². The van der Waals surface area contributed by atoms with E-state index in [2.05, 4.69) is 0 Å². The van der Waals surface area contributed by atoms with E-state index in [1.165, 1.54) is 20.3 Å². The molecule has 0 unspecified atom stereocenters.